The molecule has 0 radical (unpaired) electrons. The fourth-order valence-electron chi connectivity index (χ4n) is 1.38. The Balaban J connectivity index is 2.19. The van der Waals surface area contributed by atoms with E-state index < -0.39 is 16.5 Å². The molecule has 0 aliphatic heterocycles. The molecule has 0 atom stereocenters. The van der Waals surface area contributed by atoms with E-state index in [4.69, 9.17) is 11.6 Å². The number of nitrogens with one attached hydrogen (secondary N) is 1. The molecule has 0 saturated heterocycles. The topological polar surface area (TPSA) is 98.0 Å². The average molecular weight is 299 g/mol. The number of pyridine rings is 1. The first-order valence-corrected chi connectivity index (χ1v) is 6.36. The lowest BCUT2D eigenvalue weighted by molar-refractivity contribution is -0.385. The van der Waals surface area contributed by atoms with E-state index in [9.17, 15) is 14.9 Å². The number of carbonyl (C=O) groups is 1. The predicted octanol–water partition coefficient (Wildman–Crippen LogP) is 2.03. The SMILES string of the molecule is O=C(NCc1cscn1)c1ccnc(Cl)c1[N+](=O)[O-]. The third-order valence-corrected chi connectivity index (χ3v) is 3.13. The van der Waals surface area contributed by atoms with Gasteiger partial charge in [-0.25, -0.2) is 9.97 Å². The maximum atomic E-state index is 11.9. The number of rotatable bonds is 4. The molecule has 0 aromatic carbocycles. The van der Waals surface area contributed by atoms with Gasteiger partial charge in [0.2, 0.25) is 5.15 Å². The van der Waals surface area contributed by atoms with Crippen LogP contribution in [-0.4, -0.2) is 20.8 Å². The van der Waals surface area contributed by atoms with Gasteiger partial charge in [-0.1, -0.05) is 11.6 Å². The van der Waals surface area contributed by atoms with Crippen LogP contribution < -0.4 is 5.32 Å². The monoisotopic (exact) mass is 298 g/mol. The molecular weight excluding hydrogens is 292 g/mol. The first kappa shape index (κ1) is 13.4. The molecular formula is C10H7ClN4O3S. The van der Waals surface area contributed by atoms with Crippen LogP contribution in [0, 0.1) is 10.1 Å². The summed E-state index contributed by atoms with van der Waals surface area (Å²) in [6, 6.07) is 1.25. The Labute approximate surface area is 116 Å². The molecule has 9 heteroatoms. The van der Waals surface area contributed by atoms with E-state index in [0.29, 0.717) is 5.69 Å². The summed E-state index contributed by atoms with van der Waals surface area (Å²) in [4.78, 5) is 29.6. The Hall–Kier alpha value is -2.06. The van der Waals surface area contributed by atoms with E-state index in [2.05, 4.69) is 15.3 Å². The van der Waals surface area contributed by atoms with Crippen molar-refractivity contribution in [3.63, 3.8) is 0 Å². The quantitative estimate of drug-likeness (QED) is 0.529. The van der Waals surface area contributed by atoms with Crippen molar-refractivity contribution in [1.82, 2.24) is 15.3 Å². The average Bonchev–Trinajstić information content (AvgIpc) is 2.88. The van der Waals surface area contributed by atoms with Gasteiger partial charge in [-0.15, -0.1) is 11.3 Å². The van der Waals surface area contributed by atoms with Gasteiger partial charge < -0.3 is 5.32 Å². The van der Waals surface area contributed by atoms with E-state index in [0.717, 1.165) is 0 Å². The Morgan fingerprint density at radius 1 is 1.53 bits per heavy atom. The minimum Gasteiger partial charge on any atom is -0.346 e. The first-order valence-electron chi connectivity index (χ1n) is 5.03. The largest absolute Gasteiger partial charge is 0.346 e. The fraction of sp³-hybridized carbons (Fsp3) is 0.100. The number of hydrogen-bond acceptors (Lipinski definition) is 6. The number of carbonyl (C=O) groups excluding carboxylic acids is 1. The number of nitro groups is 1. The summed E-state index contributed by atoms with van der Waals surface area (Å²) < 4.78 is 0. The number of thiazole rings is 1. The highest BCUT2D eigenvalue weighted by molar-refractivity contribution is 7.07. The highest BCUT2D eigenvalue weighted by Crippen LogP contribution is 2.25. The van der Waals surface area contributed by atoms with Crippen molar-refractivity contribution in [3.8, 4) is 0 Å². The molecule has 0 aliphatic carbocycles. The molecule has 0 aliphatic rings. The second-order valence-electron chi connectivity index (χ2n) is 3.42. The van der Waals surface area contributed by atoms with Gasteiger partial charge in [0.1, 0.15) is 5.56 Å². The highest BCUT2D eigenvalue weighted by atomic mass is 35.5. The van der Waals surface area contributed by atoms with Crippen molar-refractivity contribution in [2.45, 2.75) is 6.54 Å². The summed E-state index contributed by atoms with van der Waals surface area (Å²) in [7, 11) is 0. The van der Waals surface area contributed by atoms with Gasteiger partial charge in [-0.2, -0.15) is 0 Å². The Kier molecular flexibility index (Phi) is 4.03. The first-order chi connectivity index (χ1) is 9.09. The lowest BCUT2D eigenvalue weighted by Crippen LogP contribution is -2.24. The van der Waals surface area contributed by atoms with Crippen molar-refractivity contribution in [1.29, 1.82) is 0 Å². The summed E-state index contributed by atoms with van der Waals surface area (Å²) >= 11 is 7.02. The molecule has 0 saturated carbocycles. The maximum absolute atomic E-state index is 11.9. The fourth-order valence-corrected chi connectivity index (χ4v) is 2.16. The van der Waals surface area contributed by atoms with Crippen LogP contribution in [0.3, 0.4) is 0 Å². The summed E-state index contributed by atoms with van der Waals surface area (Å²) in [5, 5.41) is 14.9. The second kappa shape index (κ2) is 5.72. The zero-order valence-electron chi connectivity index (χ0n) is 9.37. The van der Waals surface area contributed by atoms with Crippen LogP contribution in [0.2, 0.25) is 5.15 Å². The molecule has 1 N–H and O–H groups in total. The molecule has 0 unspecified atom stereocenters. The number of amides is 1. The highest BCUT2D eigenvalue weighted by Gasteiger charge is 2.24. The molecule has 19 heavy (non-hydrogen) atoms. The molecule has 2 rings (SSSR count). The minimum absolute atomic E-state index is 0.125. The van der Waals surface area contributed by atoms with Crippen LogP contribution in [0.4, 0.5) is 5.69 Å². The van der Waals surface area contributed by atoms with Gasteiger partial charge in [-0.3, -0.25) is 14.9 Å². The molecule has 0 fully saturated rings. The summed E-state index contributed by atoms with van der Waals surface area (Å²) in [6.45, 7) is 0.194. The van der Waals surface area contributed by atoms with Crippen molar-refractivity contribution >= 4 is 34.5 Å². The second-order valence-corrected chi connectivity index (χ2v) is 4.49. The summed E-state index contributed by atoms with van der Waals surface area (Å²) in [5.74, 6) is -0.594. The predicted molar refractivity (Wildman–Crippen MR) is 69.2 cm³/mol. The van der Waals surface area contributed by atoms with Crippen molar-refractivity contribution in [2.75, 3.05) is 0 Å². The molecule has 1 amide bonds. The molecule has 2 aromatic heterocycles. The van der Waals surface area contributed by atoms with Crippen molar-refractivity contribution in [2.24, 2.45) is 0 Å². The summed E-state index contributed by atoms with van der Waals surface area (Å²) in [5.41, 5.74) is 1.69. The molecule has 0 bridgehead atoms. The molecule has 2 aromatic rings. The number of aromatic nitrogens is 2. The van der Waals surface area contributed by atoms with E-state index in [1.807, 2.05) is 0 Å². The third-order valence-electron chi connectivity index (χ3n) is 2.22. The standard InChI is InChI=1S/C10H7ClN4O3S/c11-9-8(15(17)18)7(1-2-12-9)10(16)13-3-6-4-19-5-14-6/h1-2,4-5H,3H2,(H,13,16). The van der Waals surface area contributed by atoms with E-state index in [1.54, 1.807) is 10.9 Å². The van der Waals surface area contributed by atoms with Crippen LogP contribution >= 0.6 is 22.9 Å². The van der Waals surface area contributed by atoms with Crippen LogP contribution in [0.25, 0.3) is 0 Å². The smallest absolute Gasteiger partial charge is 0.319 e. The number of hydrogen-bond donors (Lipinski definition) is 1. The zero-order chi connectivity index (χ0) is 13.8. The van der Waals surface area contributed by atoms with E-state index in [-0.39, 0.29) is 17.3 Å². The number of halogens is 1. The van der Waals surface area contributed by atoms with Gasteiger partial charge in [0.25, 0.3) is 5.91 Å². The van der Waals surface area contributed by atoms with Crippen LogP contribution in [0.15, 0.2) is 23.2 Å². The Morgan fingerprint density at radius 2 is 2.32 bits per heavy atom. The minimum atomic E-state index is -0.729. The molecule has 0 spiro atoms. The van der Waals surface area contributed by atoms with Crippen molar-refractivity contribution in [3.05, 3.63) is 49.7 Å². The maximum Gasteiger partial charge on any atom is 0.319 e. The van der Waals surface area contributed by atoms with Crippen molar-refractivity contribution < 1.29 is 9.72 Å². The molecule has 98 valence electrons. The van der Waals surface area contributed by atoms with Gasteiger partial charge in [-0.05, 0) is 6.07 Å². The Bertz CT molecular complexity index is 617. The Morgan fingerprint density at radius 3 is 2.95 bits per heavy atom. The molecule has 2 heterocycles. The summed E-state index contributed by atoms with van der Waals surface area (Å²) in [6.07, 6.45) is 1.24. The van der Waals surface area contributed by atoms with Crippen LogP contribution in [0.1, 0.15) is 16.1 Å². The lowest BCUT2D eigenvalue weighted by atomic mass is 10.2. The molecule has 7 nitrogen and oxygen atoms in total. The van der Waals surface area contributed by atoms with Gasteiger partial charge >= 0.3 is 5.69 Å². The van der Waals surface area contributed by atoms with Gasteiger partial charge in [0.05, 0.1) is 22.7 Å². The van der Waals surface area contributed by atoms with Gasteiger partial charge in [0, 0.05) is 11.6 Å². The zero-order valence-corrected chi connectivity index (χ0v) is 10.9. The van der Waals surface area contributed by atoms with E-state index >= 15 is 0 Å². The van der Waals surface area contributed by atoms with Gasteiger partial charge in [0.15, 0.2) is 0 Å². The third kappa shape index (κ3) is 3.04. The van der Waals surface area contributed by atoms with Crippen LogP contribution in [-0.2, 0) is 6.54 Å². The number of nitrogens with zero attached hydrogens (tertiary/aromatic N) is 3. The normalized spacial score (nSPS) is 10.2. The lowest BCUT2D eigenvalue weighted by Gasteiger charge is -2.04. The van der Waals surface area contributed by atoms with E-state index in [1.165, 1.54) is 23.6 Å². The van der Waals surface area contributed by atoms with Crippen LogP contribution in [0.5, 0.6) is 0 Å².